The van der Waals surface area contributed by atoms with Gasteiger partial charge in [-0.15, -0.1) is 0 Å². The van der Waals surface area contributed by atoms with Gasteiger partial charge in [0, 0.05) is 30.9 Å². The number of carboxylic acids is 1. The number of hydrogen-bond acceptors (Lipinski definition) is 4. The Hall–Kier alpha value is -4.13. The van der Waals surface area contributed by atoms with Crippen LogP contribution in [-0.2, 0) is 6.54 Å². The number of aromatic carboxylic acids is 1. The summed E-state index contributed by atoms with van der Waals surface area (Å²) in [6.45, 7) is 2.76. The van der Waals surface area contributed by atoms with E-state index in [1.165, 1.54) is 12.3 Å². The zero-order valence-electron chi connectivity index (χ0n) is 17.2. The molecular weight excluding hydrogens is 390 g/mol. The van der Waals surface area contributed by atoms with E-state index in [0.717, 1.165) is 33.7 Å². The van der Waals surface area contributed by atoms with Crippen LogP contribution in [0, 0.1) is 0 Å². The van der Waals surface area contributed by atoms with E-state index in [9.17, 15) is 9.90 Å². The molecule has 5 rings (SSSR count). The number of fused-ring (bicyclic) bond motifs is 2. The van der Waals surface area contributed by atoms with Gasteiger partial charge in [-0.3, -0.25) is 9.67 Å². The van der Waals surface area contributed by atoms with Crippen LogP contribution in [0.1, 0.15) is 17.3 Å². The molecule has 0 unspecified atom stereocenters. The van der Waals surface area contributed by atoms with Gasteiger partial charge in [0.2, 0.25) is 0 Å². The Morgan fingerprint density at radius 1 is 1.13 bits per heavy atom. The van der Waals surface area contributed by atoms with Gasteiger partial charge < -0.3 is 15.0 Å². The largest absolute Gasteiger partial charge is 0.478 e. The van der Waals surface area contributed by atoms with Crippen molar-refractivity contribution in [2.24, 2.45) is 0 Å². The third-order valence-electron chi connectivity index (χ3n) is 5.56. The maximum Gasteiger partial charge on any atom is 0.337 e. The first-order valence-electron chi connectivity index (χ1n) is 10.1. The maximum atomic E-state index is 11.6. The lowest BCUT2D eigenvalue weighted by Crippen LogP contribution is -2.11. The number of aryl methyl sites for hydroxylation is 1. The summed E-state index contributed by atoms with van der Waals surface area (Å²) >= 11 is 0. The summed E-state index contributed by atoms with van der Waals surface area (Å²) in [4.78, 5) is 21.3. The van der Waals surface area contributed by atoms with Gasteiger partial charge in [-0.05, 0) is 37.3 Å². The number of carboxylic acid groups (broad SMARTS) is 1. The van der Waals surface area contributed by atoms with Gasteiger partial charge in [-0.2, -0.15) is 5.10 Å². The van der Waals surface area contributed by atoms with Gasteiger partial charge in [0.15, 0.2) is 0 Å². The first-order valence-corrected chi connectivity index (χ1v) is 10.1. The normalized spacial score (nSPS) is 11.3. The molecular formula is C24H21N5O2. The Balaban J connectivity index is 1.72. The fraction of sp³-hybridized carbons (Fsp3) is 0.125. The van der Waals surface area contributed by atoms with Crippen LogP contribution in [0.2, 0.25) is 0 Å². The van der Waals surface area contributed by atoms with Crippen LogP contribution in [0.3, 0.4) is 0 Å². The molecule has 2 N–H and O–H groups in total. The molecule has 0 radical (unpaired) electrons. The van der Waals surface area contributed by atoms with Crippen molar-refractivity contribution >= 4 is 39.3 Å². The van der Waals surface area contributed by atoms with E-state index in [-0.39, 0.29) is 5.56 Å². The summed E-state index contributed by atoms with van der Waals surface area (Å²) in [5.74, 6) is -0.989. The smallest absolute Gasteiger partial charge is 0.337 e. The predicted molar refractivity (Wildman–Crippen MR) is 122 cm³/mol. The van der Waals surface area contributed by atoms with E-state index < -0.39 is 5.97 Å². The molecule has 0 spiro atoms. The highest BCUT2D eigenvalue weighted by Gasteiger charge is 2.20. The molecule has 0 aliphatic heterocycles. The monoisotopic (exact) mass is 411 g/mol. The molecule has 7 nitrogen and oxygen atoms in total. The first kappa shape index (κ1) is 18.9. The van der Waals surface area contributed by atoms with Crippen molar-refractivity contribution in [2.45, 2.75) is 13.5 Å². The lowest BCUT2D eigenvalue weighted by atomic mass is 10.1. The Morgan fingerprint density at radius 3 is 2.68 bits per heavy atom. The fourth-order valence-electron chi connectivity index (χ4n) is 4.04. The summed E-state index contributed by atoms with van der Waals surface area (Å²) in [5, 5.41) is 15.4. The molecule has 0 saturated heterocycles. The van der Waals surface area contributed by atoms with Crippen molar-refractivity contribution < 1.29 is 9.90 Å². The van der Waals surface area contributed by atoms with Gasteiger partial charge >= 0.3 is 5.97 Å². The second-order valence-electron chi connectivity index (χ2n) is 7.34. The molecule has 0 amide bonds. The van der Waals surface area contributed by atoms with E-state index in [2.05, 4.69) is 40.0 Å². The van der Waals surface area contributed by atoms with Crippen molar-refractivity contribution in [2.75, 3.05) is 11.9 Å². The molecule has 3 aromatic heterocycles. The molecule has 7 heteroatoms. The number of aromatic nitrogens is 4. The predicted octanol–water partition coefficient (Wildman–Crippen LogP) is 5.07. The minimum absolute atomic E-state index is 0.194. The first-order chi connectivity index (χ1) is 15.1. The van der Waals surface area contributed by atoms with Crippen molar-refractivity contribution in [3.63, 3.8) is 0 Å². The van der Waals surface area contributed by atoms with Crippen LogP contribution in [0.15, 0.2) is 66.9 Å². The van der Waals surface area contributed by atoms with E-state index in [1.807, 2.05) is 48.1 Å². The SMILES string of the molecule is CCn1nc(-c2cc3nccc(C(=O)O)c3[nH]2)c2cccc(N(C)c3ccccc3)c21. The fourth-order valence-corrected chi connectivity index (χ4v) is 4.04. The number of carbonyl (C=O) groups is 1. The third kappa shape index (κ3) is 3.02. The van der Waals surface area contributed by atoms with Crippen molar-refractivity contribution in [1.82, 2.24) is 19.7 Å². The Labute approximate surface area is 178 Å². The number of benzene rings is 2. The average Bonchev–Trinajstić information content (AvgIpc) is 3.40. The summed E-state index contributed by atoms with van der Waals surface area (Å²) in [6.07, 6.45) is 1.51. The standard InChI is InChI=1S/C24H21N5O2/c1-3-29-23-16(10-7-11-20(23)28(2)15-8-5-4-6-9-15)22(27-29)19-14-18-21(26-19)17(24(30)31)12-13-25-18/h4-14,26H,3H2,1-2H3,(H,30,31). The van der Waals surface area contributed by atoms with Crippen LogP contribution in [0.25, 0.3) is 33.3 Å². The summed E-state index contributed by atoms with van der Waals surface area (Å²) in [5.41, 5.74) is 5.97. The highest BCUT2D eigenvalue weighted by Crippen LogP contribution is 2.36. The average molecular weight is 411 g/mol. The molecule has 0 saturated carbocycles. The van der Waals surface area contributed by atoms with Gasteiger partial charge in [-0.1, -0.05) is 30.3 Å². The lowest BCUT2D eigenvalue weighted by Gasteiger charge is -2.21. The molecule has 0 aliphatic carbocycles. The highest BCUT2D eigenvalue weighted by molar-refractivity contribution is 6.05. The van der Waals surface area contributed by atoms with Crippen molar-refractivity contribution in [1.29, 1.82) is 0 Å². The molecule has 0 atom stereocenters. The molecule has 0 aliphatic rings. The number of aromatic amines is 1. The molecule has 31 heavy (non-hydrogen) atoms. The highest BCUT2D eigenvalue weighted by atomic mass is 16.4. The Bertz CT molecular complexity index is 1420. The summed E-state index contributed by atoms with van der Waals surface area (Å²) < 4.78 is 1.98. The van der Waals surface area contributed by atoms with Crippen LogP contribution < -0.4 is 4.90 Å². The van der Waals surface area contributed by atoms with Crippen LogP contribution >= 0.6 is 0 Å². The quantitative estimate of drug-likeness (QED) is 0.422. The van der Waals surface area contributed by atoms with Crippen LogP contribution in [0.5, 0.6) is 0 Å². The number of pyridine rings is 1. The minimum Gasteiger partial charge on any atom is -0.478 e. The summed E-state index contributed by atoms with van der Waals surface area (Å²) in [6, 6.07) is 19.7. The Morgan fingerprint density at radius 2 is 1.94 bits per heavy atom. The van der Waals surface area contributed by atoms with Gasteiger partial charge in [-0.25, -0.2) is 4.79 Å². The second-order valence-corrected chi connectivity index (χ2v) is 7.34. The molecule has 154 valence electrons. The van der Waals surface area contributed by atoms with E-state index in [1.54, 1.807) is 0 Å². The van der Waals surface area contributed by atoms with E-state index in [0.29, 0.717) is 17.6 Å². The minimum atomic E-state index is -0.989. The zero-order chi connectivity index (χ0) is 21.5. The third-order valence-corrected chi connectivity index (χ3v) is 5.56. The number of rotatable bonds is 5. The number of nitrogens with one attached hydrogen (secondary N) is 1. The van der Waals surface area contributed by atoms with Gasteiger partial charge in [0.25, 0.3) is 0 Å². The maximum absolute atomic E-state index is 11.6. The van der Waals surface area contributed by atoms with Crippen LogP contribution in [-0.4, -0.2) is 37.9 Å². The summed E-state index contributed by atoms with van der Waals surface area (Å²) in [7, 11) is 2.04. The molecule has 5 aromatic rings. The number of hydrogen-bond donors (Lipinski definition) is 2. The number of H-pyrrole nitrogens is 1. The zero-order valence-corrected chi connectivity index (χ0v) is 17.2. The number of nitrogens with zero attached hydrogens (tertiary/aromatic N) is 4. The molecule has 2 aromatic carbocycles. The van der Waals surface area contributed by atoms with Crippen LogP contribution in [0.4, 0.5) is 11.4 Å². The second kappa shape index (κ2) is 7.28. The molecule has 0 bridgehead atoms. The van der Waals surface area contributed by atoms with Gasteiger partial charge in [0.05, 0.1) is 33.5 Å². The topological polar surface area (TPSA) is 87.0 Å². The molecule has 3 heterocycles. The van der Waals surface area contributed by atoms with Crippen molar-refractivity contribution in [3.05, 3.63) is 72.4 Å². The van der Waals surface area contributed by atoms with Gasteiger partial charge in [0.1, 0.15) is 5.69 Å². The Kier molecular flexibility index (Phi) is 4.43. The lowest BCUT2D eigenvalue weighted by molar-refractivity contribution is 0.0698. The van der Waals surface area contributed by atoms with E-state index in [4.69, 9.17) is 5.10 Å². The number of anilines is 2. The van der Waals surface area contributed by atoms with Crippen molar-refractivity contribution in [3.8, 4) is 11.4 Å². The molecule has 0 fully saturated rings. The number of para-hydroxylation sites is 2. The van der Waals surface area contributed by atoms with E-state index >= 15 is 0 Å².